The van der Waals surface area contributed by atoms with Crippen molar-refractivity contribution in [3.05, 3.63) is 29.6 Å². The molecule has 0 spiro atoms. The van der Waals surface area contributed by atoms with E-state index in [1.807, 2.05) is 0 Å². The average molecular weight is 296 g/mol. The number of hydrogen-bond donors (Lipinski definition) is 3. The minimum atomic E-state index is -1.35. The smallest absolute Gasteiger partial charge is 0.328 e. The van der Waals surface area contributed by atoms with E-state index in [4.69, 9.17) is 9.84 Å². The summed E-state index contributed by atoms with van der Waals surface area (Å²) in [5.74, 6) is -0.848. The van der Waals surface area contributed by atoms with Crippen molar-refractivity contribution in [1.82, 2.24) is 10.6 Å². The Hall–Kier alpha value is -2.31. The molecule has 0 bridgehead atoms. The molecule has 3 N–H and O–H groups in total. The van der Waals surface area contributed by atoms with Crippen molar-refractivity contribution in [3.63, 3.8) is 0 Å². The van der Waals surface area contributed by atoms with E-state index >= 15 is 0 Å². The van der Waals surface area contributed by atoms with E-state index in [1.54, 1.807) is 6.07 Å². The molecule has 0 saturated heterocycles. The van der Waals surface area contributed by atoms with Crippen molar-refractivity contribution >= 4 is 12.0 Å². The van der Waals surface area contributed by atoms with Crippen LogP contribution in [-0.4, -0.2) is 35.3 Å². The fourth-order valence-corrected chi connectivity index (χ4v) is 1.99. The molecule has 21 heavy (non-hydrogen) atoms. The summed E-state index contributed by atoms with van der Waals surface area (Å²) in [5.41, 5.74) is -0.597. The van der Waals surface area contributed by atoms with Crippen LogP contribution in [0.5, 0.6) is 5.75 Å². The van der Waals surface area contributed by atoms with Gasteiger partial charge in [0.1, 0.15) is 23.2 Å². The number of carbonyl (C=O) groups excluding carboxylic acids is 1. The average Bonchev–Trinajstić information content (AvgIpc) is 2.77. The number of ether oxygens (including phenoxy) is 1. The van der Waals surface area contributed by atoms with Crippen molar-refractivity contribution < 1.29 is 23.8 Å². The molecule has 2 rings (SSSR count). The fourth-order valence-electron chi connectivity index (χ4n) is 1.99. The molecule has 6 nitrogen and oxygen atoms in total. The Labute approximate surface area is 121 Å². The van der Waals surface area contributed by atoms with Crippen LogP contribution in [0.15, 0.2) is 18.2 Å². The molecule has 1 aromatic rings. The van der Waals surface area contributed by atoms with Gasteiger partial charge >= 0.3 is 12.0 Å². The van der Waals surface area contributed by atoms with Crippen LogP contribution in [0.1, 0.15) is 19.4 Å². The van der Waals surface area contributed by atoms with Crippen LogP contribution in [-0.2, 0) is 11.2 Å². The highest BCUT2D eigenvalue weighted by atomic mass is 19.1. The highest BCUT2D eigenvalue weighted by Gasteiger charge is 2.29. The first kappa shape index (κ1) is 15.1. The van der Waals surface area contributed by atoms with E-state index in [0.29, 0.717) is 12.2 Å². The van der Waals surface area contributed by atoms with Gasteiger partial charge in [-0.2, -0.15) is 0 Å². The molecular formula is C14H17FN2O4. The van der Waals surface area contributed by atoms with E-state index < -0.39 is 17.5 Å². The molecule has 1 heterocycles. The predicted octanol–water partition coefficient (Wildman–Crippen LogP) is 1.29. The Morgan fingerprint density at radius 3 is 2.86 bits per heavy atom. The van der Waals surface area contributed by atoms with Gasteiger partial charge in [-0.15, -0.1) is 0 Å². The summed E-state index contributed by atoms with van der Waals surface area (Å²) >= 11 is 0. The number of amides is 2. The molecule has 0 fully saturated rings. The number of hydrogen-bond acceptors (Lipinski definition) is 3. The van der Waals surface area contributed by atoms with Crippen LogP contribution in [0.25, 0.3) is 0 Å². The first-order chi connectivity index (χ1) is 9.78. The van der Waals surface area contributed by atoms with E-state index in [0.717, 1.165) is 5.56 Å². The number of urea groups is 1. The molecule has 1 unspecified atom stereocenters. The minimum Gasteiger partial charge on any atom is -0.488 e. The SMILES string of the molecule is CC(C)(NC(=O)NCC1Cc2cc(F)ccc2O1)C(=O)O. The highest BCUT2D eigenvalue weighted by molar-refractivity contribution is 5.85. The number of carbonyl (C=O) groups is 2. The number of carboxylic acid groups (broad SMARTS) is 1. The zero-order valence-corrected chi connectivity index (χ0v) is 11.8. The standard InChI is InChI=1S/C14H17FN2O4/c1-14(2,12(18)19)17-13(20)16-7-10-6-8-5-9(15)3-4-11(8)21-10/h3-5,10H,6-7H2,1-2H3,(H,18,19)(H2,16,17,20). The summed E-state index contributed by atoms with van der Waals surface area (Å²) in [6, 6.07) is 3.69. The normalized spacial score (nSPS) is 16.8. The molecule has 114 valence electrons. The number of carboxylic acids is 1. The lowest BCUT2D eigenvalue weighted by atomic mass is 10.1. The van der Waals surface area contributed by atoms with Gasteiger partial charge in [0, 0.05) is 12.0 Å². The quantitative estimate of drug-likeness (QED) is 0.781. The number of nitrogens with one attached hydrogen (secondary N) is 2. The molecule has 0 aromatic heterocycles. The molecule has 0 saturated carbocycles. The van der Waals surface area contributed by atoms with Crippen LogP contribution in [0.3, 0.4) is 0 Å². The van der Waals surface area contributed by atoms with Crippen LogP contribution in [0.4, 0.5) is 9.18 Å². The molecular weight excluding hydrogens is 279 g/mol. The molecule has 2 amide bonds. The molecule has 1 aliphatic rings. The summed E-state index contributed by atoms with van der Waals surface area (Å²) in [7, 11) is 0. The number of rotatable bonds is 4. The lowest BCUT2D eigenvalue weighted by Crippen LogP contribution is -2.54. The molecule has 1 aromatic carbocycles. The van der Waals surface area contributed by atoms with Gasteiger partial charge in [0.15, 0.2) is 0 Å². The molecule has 7 heteroatoms. The van der Waals surface area contributed by atoms with Gasteiger partial charge in [0.05, 0.1) is 6.54 Å². The molecule has 1 atom stereocenters. The zero-order valence-electron chi connectivity index (χ0n) is 11.8. The maximum Gasteiger partial charge on any atom is 0.328 e. The van der Waals surface area contributed by atoms with Gasteiger partial charge in [0.25, 0.3) is 0 Å². The van der Waals surface area contributed by atoms with Gasteiger partial charge in [-0.3, -0.25) is 0 Å². The van der Waals surface area contributed by atoms with Crippen LogP contribution < -0.4 is 15.4 Å². The lowest BCUT2D eigenvalue weighted by molar-refractivity contribution is -0.142. The van der Waals surface area contributed by atoms with Crippen molar-refractivity contribution in [3.8, 4) is 5.75 Å². The van der Waals surface area contributed by atoms with Crippen molar-refractivity contribution in [2.24, 2.45) is 0 Å². The van der Waals surface area contributed by atoms with Crippen molar-refractivity contribution in [2.45, 2.75) is 31.9 Å². The van der Waals surface area contributed by atoms with Crippen molar-refractivity contribution in [1.29, 1.82) is 0 Å². The Morgan fingerprint density at radius 2 is 2.19 bits per heavy atom. The maximum atomic E-state index is 13.1. The summed E-state index contributed by atoms with van der Waals surface area (Å²) in [6.07, 6.45) is 0.205. The third-order valence-corrected chi connectivity index (χ3v) is 3.21. The molecule has 1 aliphatic heterocycles. The van der Waals surface area contributed by atoms with Gasteiger partial charge in [-0.1, -0.05) is 0 Å². The zero-order chi connectivity index (χ0) is 15.6. The van der Waals surface area contributed by atoms with Gasteiger partial charge in [0.2, 0.25) is 0 Å². The third kappa shape index (κ3) is 3.62. The largest absolute Gasteiger partial charge is 0.488 e. The second-order valence-corrected chi connectivity index (χ2v) is 5.46. The summed E-state index contributed by atoms with van der Waals surface area (Å²) in [5, 5.41) is 13.8. The van der Waals surface area contributed by atoms with Crippen LogP contribution >= 0.6 is 0 Å². The number of benzene rings is 1. The second-order valence-electron chi connectivity index (χ2n) is 5.46. The molecule has 0 radical (unpaired) electrons. The van der Waals surface area contributed by atoms with Gasteiger partial charge < -0.3 is 20.5 Å². The number of halogens is 1. The Morgan fingerprint density at radius 1 is 1.48 bits per heavy atom. The summed E-state index contributed by atoms with van der Waals surface area (Å²) < 4.78 is 18.6. The fraction of sp³-hybridized carbons (Fsp3) is 0.429. The van der Waals surface area contributed by atoms with E-state index in [9.17, 15) is 14.0 Å². The third-order valence-electron chi connectivity index (χ3n) is 3.21. The van der Waals surface area contributed by atoms with Gasteiger partial charge in [-0.05, 0) is 32.0 Å². The van der Waals surface area contributed by atoms with Crippen LogP contribution in [0.2, 0.25) is 0 Å². The monoisotopic (exact) mass is 296 g/mol. The predicted molar refractivity (Wildman–Crippen MR) is 72.8 cm³/mol. The van der Waals surface area contributed by atoms with Crippen molar-refractivity contribution in [2.75, 3.05) is 6.54 Å². The van der Waals surface area contributed by atoms with Gasteiger partial charge in [-0.25, -0.2) is 14.0 Å². The minimum absolute atomic E-state index is 0.206. The van der Waals surface area contributed by atoms with Crippen LogP contribution in [0, 0.1) is 5.82 Å². The molecule has 0 aliphatic carbocycles. The van der Waals surface area contributed by atoms with E-state index in [-0.39, 0.29) is 18.5 Å². The lowest BCUT2D eigenvalue weighted by Gasteiger charge is -2.21. The first-order valence-electron chi connectivity index (χ1n) is 6.52. The topological polar surface area (TPSA) is 87.7 Å². The summed E-state index contributed by atoms with van der Waals surface area (Å²) in [4.78, 5) is 22.5. The Bertz CT molecular complexity index is 574. The summed E-state index contributed by atoms with van der Waals surface area (Å²) in [6.45, 7) is 2.98. The highest BCUT2D eigenvalue weighted by Crippen LogP contribution is 2.28. The number of fused-ring (bicyclic) bond motifs is 1. The van der Waals surface area contributed by atoms with E-state index in [1.165, 1.54) is 26.0 Å². The first-order valence-corrected chi connectivity index (χ1v) is 6.52. The number of aliphatic carboxylic acids is 1. The Kier molecular flexibility index (Phi) is 4.02. The second kappa shape index (κ2) is 5.59. The maximum absolute atomic E-state index is 13.1. The Balaban J connectivity index is 1.83. The van der Waals surface area contributed by atoms with E-state index in [2.05, 4.69) is 10.6 Å².